The zero-order valence-corrected chi connectivity index (χ0v) is 14.2. The third-order valence-electron chi connectivity index (χ3n) is 3.83. The van der Waals surface area contributed by atoms with Crippen LogP contribution in [0.15, 0.2) is 42.5 Å². The Bertz CT molecular complexity index is 734. The highest BCUT2D eigenvalue weighted by Crippen LogP contribution is 2.23. The summed E-state index contributed by atoms with van der Waals surface area (Å²) in [4.78, 5) is 12.6. The molecule has 2 aromatic rings. The first kappa shape index (κ1) is 16.7. The third-order valence-corrected chi connectivity index (χ3v) is 4.14. The SMILES string of the molecule is Cc1ccc(NC2NNNC2C(=O)Nc2ccc(C)cc2Cl)cc1. The van der Waals surface area contributed by atoms with Crippen LogP contribution >= 0.6 is 11.6 Å². The van der Waals surface area contributed by atoms with Crippen molar-refractivity contribution in [2.75, 3.05) is 10.6 Å². The van der Waals surface area contributed by atoms with Gasteiger partial charge in [-0.1, -0.05) is 35.4 Å². The molecule has 2 aromatic carbocycles. The van der Waals surface area contributed by atoms with Crippen molar-refractivity contribution in [1.29, 1.82) is 0 Å². The zero-order valence-electron chi connectivity index (χ0n) is 13.5. The Balaban J connectivity index is 1.68. The second-order valence-corrected chi connectivity index (χ2v) is 6.26. The molecule has 0 bridgehead atoms. The first-order chi connectivity index (χ1) is 11.5. The summed E-state index contributed by atoms with van der Waals surface area (Å²) in [6.07, 6.45) is -0.308. The zero-order chi connectivity index (χ0) is 17.1. The Morgan fingerprint density at radius 1 is 1.04 bits per heavy atom. The van der Waals surface area contributed by atoms with E-state index in [1.54, 1.807) is 6.07 Å². The average Bonchev–Trinajstić information content (AvgIpc) is 3.00. The minimum absolute atomic E-state index is 0.192. The Morgan fingerprint density at radius 2 is 1.75 bits per heavy atom. The Labute approximate surface area is 145 Å². The average molecular weight is 346 g/mol. The summed E-state index contributed by atoms with van der Waals surface area (Å²) >= 11 is 6.18. The monoisotopic (exact) mass is 345 g/mol. The summed E-state index contributed by atoms with van der Waals surface area (Å²) in [7, 11) is 0. The molecular weight excluding hydrogens is 326 g/mol. The van der Waals surface area contributed by atoms with E-state index in [4.69, 9.17) is 11.6 Å². The van der Waals surface area contributed by atoms with Crippen LogP contribution < -0.4 is 27.0 Å². The molecule has 0 spiro atoms. The van der Waals surface area contributed by atoms with E-state index >= 15 is 0 Å². The number of hydrogen-bond acceptors (Lipinski definition) is 5. The number of benzene rings is 2. The predicted molar refractivity (Wildman–Crippen MR) is 96.6 cm³/mol. The van der Waals surface area contributed by atoms with Crippen LogP contribution in [-0.4, -0.2) is 18.1 Å². The molecule has 1 heterocycles. The number of hydrogen-bond donors (Lipinski definition) is 5. The maximum atomic E-state index is 12.6. The van der Waals surface area contributed by atoms with E-state index in [1.165, 1.54) is 5.56 Å². The highest BCUT2D eigenvalue weighted by Gasteiger charge is 2.33. The van der Waals surface area contributed by atoms with Gasteiger partial charge in [0.25, 0.3) is 0 Å². The van der Waals surface area contributed by atoms with Gasteiger partial charge in [0.05, 0.1) is 10.7 Å². The molecule has 1 aliphatic heterocycles. The number of carbonyl (C=O) groups excluding carboxylic acids is 1. The van der Waals surface area contributed by atoms with Crippen molar-refractivity contribution in [2.45, 2.75) is 26.1 Å². The van der Waals surface area contributed by atoms with Crippen molar-refractivity contribution < 1.29 is 4.79 Å². The van der Waals surface area contributed by atoms with Crippen LogP contribution in [0, 0.1) is 13.8 Å². The summed E-state index contributed by atoms with van der Waals surface area (Å²) in [6.45, 7) is 3.98. The van der Waals surface area contributed by atoms with Gasteiger partial charge in [0, 0.05) is 5.69 Å². The fourth-order valence-corrected chi connectivity index (χ4v) is 2.74. The fourth-order valence-electron chi connectivity index (χ4n) is 2.46. The number of carbonyl (C=O) groups is 1. The molecule has 3 rings (SSSR count). The molecule has 2 unspecified atom stereocenters. The maximum absolute atomic E-state index is 12.6. The predicted octanol–water partition coefficient (Wildman–Crippen LogP) is 2.31. The van der Waals surface area contributed by atoms with E-state index in [0.717, 1.165) is 11.3 Å². The molecular formula is C17H20ClN5O. The van der Waals surface area contributed by atoms with Crippen LogP contribution in [-0.2, 0) is 4.79 Å². The minimum atomic E-state index is -0.510. The van der Waals surface area contributed by atoms with Crippen LogP contribution in [0.5, 0.6) is 0 Å². The molecule has 6 nitrogen and oxygen atoms in total. The minimum Gasteiger partial charge on any atom is -0.367 e. The number of anilines is 2. The van der Waals surface area contributed by atoms with E-state index < -0.39 is 6.04 Å². The summed E-state index contributed by atoms with van der Waals surface area (Å²) in [6, 6.07) is 13.0. The molecule has 0 radical (unpaired) electrons. The summed E-state index contributed by atoms with van der Waals surface area (Å²) in [5.41, 5.74) is 12.4. The summed E-state index contributed by atoms with van der Waals surface area (Å²) in [5, 5.41) is 6.65. The largest absolute Gasteiger partial charge is 0.367 e. The topological polar surface area (TPSA) is 77.2 Å². The van der Waals surface area contributed by atoms with Crippen LogP contribution in [0.4, 0.5) is 11.4 Å². The van der Waals surface area contributed by atoms with Gasteiger partial charge in [-0.05, 0) is 43.7 Å². The van der Waals surface area contributed by atoms with E-state index in [1.807, 2.05) is 50.2 Å². The van der Waals surface area contributed by atoms with Crippen molar-refractivity contribution in [3.05, 3.63) is 58.6 Å². The summed E-state index contributed by atoms with van der Waals surface area (Å²) < 4.78 is 0. The lowest BCUT2D eigenvalue weighted by Gasteiger charge is -2.20. The van der Waals surface area contributed by atoms with E-state index in [0.29, 0.717) is 10.7 Å². The van der Waals surface area contributed by atoms with Gasteiger partial charge in [-0.15, -0.1) is 0 Å². The number of hydrazine groups is 2. The Morgan fingerprint density at radius 3 is 2.46 bits per heavy atom. The second-order valence-electron chi connectivity index (χ2n) is 5.85. The Kier molecular flexibility index (Phi) is 5.01. The Hall–Kier alpha value is -2.12. The normalized spacial score (nSPS) is 20.0. The van der Waals surface area contributed by atoms with Gasteiger partial charge >= 0.3 is 0 Å². The van der Waals surface area contributed by atoms with Crippen molar-refractivity contribution >= 4 is 28.9 Å². The molecule has 0 aliphatic carbocycles. The van der Waals surface area contributed by atoms with Crippen LogP contribution in [0.25, 0.3) is 0 Å². The van der Waals surface area contributed by atoms with Gasteiger partial charge in [0.15, 0.2) is 0 Å². The molecule has 0 aromatic heterocycles. The standard InChI is InChI=1S/C17H20ClN5O/c1-10-3-6-12(7-4-10)19-16-15(21-23-22-16)17(24)20-14-8-5-11(2)9-13(14)18/h3-9,15-16,19,21-23H,1-2H3,(H,20,24). The molecule has 1 fully saturated rings. The molecule has 24 heavy (non-hydrogen) atoms. The number of nitrogens with one attached hydrogen (secondary N) is 5. The molecule has 1 aliphatic rings. The highest BCUT2D eigenvalue weighted by atomic mass is 35.5. The molecule has 1 saturated heterocycles. The first-order valence-electron chi connectivity index (χ1n) is 7.69. The van der Waals surface area contributed by atoms with Crippen LogP contribution in [0.1, 0.15) is 11.1 Å². The van der Waals surface area contributed by atoms with Crippen LogP contribution in [0.3, 0.4) is 0 Å². The highest BCUT2D eigenvalue weighted by molar-refractivity contribution is 6.33. The molecule has 2 atom stereocenters. The van der Waals surface area contributed by atoms with Crippen molar-refractivity contribution in [3.63, 3.8) is 0 Å². The van der Waals surface area contributed by atoms with Gasteiger partial charge in [0.2, 0.25) is 5.91 Å². The number of rotatable bonds is 4. The molecule has 1 amide bonds. The van der Waals surface area contributed by atoms with Crippen molar-refractivity contribution in [1.82, 2.24) is 16.4 Å². The molecule has 0 saturated carbocycles. The van der Waals surface area contributed by atoms with Gasteiger partial charge in [-0.3, -0.25) is 4.79 Å². The van der Waals surface area contributed by atoms with Crippen molar-refractivity contribution in [3.8, 4) is 0 Å². The third kappa shape index (κ3) is 3.85. The number of halogens is 1. The second kappa shape index (κ2) is 7.19. The van der Waals surface area contributed by atoms with Gasteiger partial charge in [-0.2, -0.15) is 5.53 Å². The first-order valence-corrected chi connectivity index (χ1v) is 8.07. The lowest BCUT2D eigenvalue weighted by molar-refractivity contribution is -0.118. The number of amides is 1. The fraction of sp³-hybridized carbons (Fsp3) is 0.235. The summed E-state index contributed by atoms with van der Waals surface area (Å²) in [5.74, 6) is -0.192. The smallest absolute Gasteiger partial charge is 0.246 e. The molecule has 5 N–H and O–H groups in total. The van der Waals surface area contributed by atoms with E-state index in [9.17, 15) is 4.79 Å². The molecule has 7 heteroatoms. The molecule has 126 valence electrons. The van der Waals surface area contributed by atoms with E-state index in [2.05, 4.69) is 27.0 Å². The lowest BCUT2D eigenvalue weighted by Crippen LogP contribution is -2.47. The van der Waals surface area contributed by atoms with Gasteiger partial charge < -0.3 is 10.6 Å². The lowest BCUT2D eigenvalue weighted by atomic mass is 10.1. The van der Waals surface area contributed by atoms with Crippen molar-refractivity contribution in [2.24, 2.45) is 0 Å². The maximum Gasteiger partial charge on any atom is 0.246 e. The quantitative estimate of drug-likeness (QED) is 0.588. The van der Waals surface area contributed by atoms with Gasteiger partial charge in [-0.25, -0.2) is 10.9 Å². The number of aryl methyl sites for hydroxylation is 2. The van der Waals surface area contributed by atoms with Gasteiger partial charge in [0.1, 0.15) is 12.2 Å². The van der Waals surface area contributed by atoms with Crippen LogP contribution in [0.2, 0.25) is 5.02 Å². The van der Waals surface area contributed by atoms with E-state index in [-0.39, 0.29) is 12.1 Å².